The highest BCUT2D eigenvalue weighted by Gasteiger charge is 2.34. The maximum absolute atomic E-state index is 12.3. The van der Waals surface area contributed by atoms with E-state index in [-0.39, 0.29) is 12.2 Å². The van der Waals surface area contributed by atoms with Gasteiger partial charge < -0.3 is 9.47 Å². The molecule has 2 fully saturated rings. The Balaban J connectivity index is 1.89. The van der Waals surface area contributed by atoms with Crippen LogP contribution in [0.4, 0.5) is 0 Å². The molecule has 4 heteroatoms. The standard InChI is InChI=1S/C24H40O4/c1-15(2)19-9-7-17(5)13-21(19)27-23(25)11-12-24(26)28-22-14-18(6)8-10-20(22)16(3)4/h11-12,15-22H,7-10,13-14H2,1-6H3/b12-11-/t17-,18-,19+,20+,21-,22-/m0/s1. The van der Waals surface area contributed by atoms with Crippen molar-refractivity contribution in [3.8, 4) is 0 Å². The van der Waals surface area contributed by atoms with Crippen molar-refractivity contribution < 1.29 is 19.1 Å². The number of esters is 2. The molecule has 28 heavy (non-hydrogen) atoms. The van der Waals surface area contributed by atoms with E-state index in [0.717, 1.165) is 25.7 Å². The molecule has 0 aromatic rings. The molecule has 160 valence electrons. The minimum Gasteiger partial charge on any atom is -0.459 e. The molecule has 2 aliphatic carbocycles. The topological polar surface area (TPSA) is 52.6 Å². The first-order valence-electron chi connectivity index (χ1n) is 11.3. The maximum Gasteiger partial charge on any atom is 0.331 e. The molecule has 0 heterocycles. The third-order valence-electron chi connectivity index (χ3n) is 6.81. The first kappa shape index (κ1) is 23.0. The van der Waals surface area contributed by atoms with Crippen LogP contribution >= 0.6 is 0 Å². The van der Waals surface area contributed by atoms with Crippen LogP contribution in [-0.4, -0.2) is 24.1 Å². The molecule has 0 spiro atoms. The number of hydrogen-bond acceptors (Lipinski definition) is 4. The summed E-state index contributed by atoms with van der Waals surface area (Å²) in [7, 11) is 0. The highest BCUT2D eigenvalue weighted by molar-refractivity contribution is 5.91. The summed E-state index contributed by atoms with van der Waals surface area (Å²) in [5.41, 5.74) is 0. The molecular formula is C24H40O4. The SMILES string of the molecule is CC(C)[C@H]1CC[C@H](C)C[C@@H]1OC(=O)/C=C\C(=O)O[C@H]1C[C@@H](C)CC[C@@H]1C(C)C. The molecule has 0 aromatic carbocycles. The quantitative estimate of drug-likeness (QED) is 0.439. The smallest absolute Gasteiger partial charge is 0.331 e. The Morgan fingerprint density at radius 2 is 1.07 bits per heavy atom. The van der Waals surface area contributed by atoms with Crippen molar-refractivity contribution in [2.75, 3.05) is 0 Å². The average Bonchev–Trinajstić information content (AvgIpc) is 2.59. The Morgan fingerprint density at radius 3 is 1.39 bits per heavy atom. The molecule has 0 aromatic heterocycles. The summed E-state index contributed by atoms with van der Waals surface area (Å²) in [5.74, 6) is 2.05. The zero-order valence-corrected chi connectivity index (χ0v) is 18.6. The Labute approximate surface area is 171 Å². The number of carbonyl (C=O) groups excluding carboxylic acids is 2. The fraction of sp³-hybridized carbons (Fsp3) is 0.833. The van der Waals surface area contributed by atoms with E-state index in [1.54, 1.807) is 0 Å². The fourth-order valence-electron chi connectivity index (χ4n) is 5.01. The second-order valence-corrected chi connectivity index (χ2v) is 9.94. The molecule has 0 radical (unpaired) electrons. The van der Waals surface area contributed by atoms with E-state index in [2.05, 4.69) is 41.5 Å². The summed E-state index contributed by atoms with van der Waals surface area (Å²) < 4.78 is 11.4. The third kappa shape index (κ3) is 6.63. The van der Waals surface area contributed by atoms with Gasteiger partial charge in [0.15, 0.2) is 0 Å². The summed E-state index contributed by atoms with van der Waals surface area (Å²) in [6.45, 7) is 13.2. The van der Waals surface area contributed by atoms with Crippen molar-refractivity contribution in [1.82, 2.24) is 0 Å². The van der Waals surface area contributed by atoms with Gasteiger partial charge in [0.05, 0.1) is 0 Å². The van der Waals surface area contributed by atoms with Crippen LogP contribution < -0.4 is 0 Å². The van der Waals surface area contributed by atoms with E-state index in [1.165, 1.54) is 25.0 Å². The fourth-order valence-corrected chi connectivity index (χ4v) is 5.01. The highest BCUT2D eigenvalue weighted by atomic mass is 16.5. The first-order chi connectivity index (χ1) is 13.2. The van der Waals surface area contributed by atoms with Gasteiger partial charge in [-0.05, 0) is 61.2 Å². The van der Waals surface area contributed by atoms with Crippen LogP contribution in [-0.2, 0) is 19.1 Å². The molecular weight excluding hydrogens is 352 g/mol. The summed E-state index contributed by atoms with van der Waals surface area (Å²) >= 11 is 0. The van der Waals surface area contributed by atoms with Gasteiger partial charge in [-0.25, -0.2) is 9.59 Å². The molecule has 6 atom stereocenters. The van der Waals surface area contributed by atoms with E-state index in [9.17, 15) is 9.59 Å². The van der Waals surface area contributed by atoms with Gasteiger partial charge >= 0.3 is 11.9 Å². The van der Waals surface area contributed by atoms with Crippen LogP contribution in [0.1, 0.15) is 80.1 Å². The van der Waals surface area contributed by atoms with Crippen molar-refractivity contribution in [2.24, 2.45) is 35.5 Å². The van der Waals surface area contributed by atoms with E-state index in [1.807, 2.05) is 0 Å². The zero-order valence-electron chi connectivity index (χ0n) is 18.6. The van der Waals surface area contributed by atoms with Crippen molar-refractivity contribution in [3.63, 3.8) is 0 Å². The predicted octanol–water partition coefficient (Wildman–Crippen LogP) is 5.55. The van der Waals surface area contributed by atoms with E-state index in [4.69, 9.17) is 9.47 Å². The van der Waals surface area contributed by atoms with Crippen LogP contribution in [0.25, 0.3) is 0 Å². The van der Waals surface area contributed by atoms with E-state index >= 15 is 0 Å². The van der Waals surface area contributed by atoms with Crippen LogP contribution in [0.3, 0.4) is 0 Å². The molecule has 0 aliphatic heterocycles. The van der Waals surface area contributed by atoms with E-state index < -0.39 is 11.9 Å². The average molecular weight is 393 g/mol. The molecule has 4 nitrogen and oxygen atoms in total. The zero-order chi connectivity index (χ0) is 20.8. The third-order valence-corrected chi connectivity index (χ3v) is 6.81. The molecule has 2 saturated carbocycles. The highest BCUT2D eigenvalue weighted by Crippen LogP contribution is 2.36. The van der Waals surface area contributed by atoms with Crippen molar-refractivity contribution in [3.05, 3.63) is 12.2 Å². The van der Waals surface area contributed by atoms with Crippen LogP contribution in [0, 0.1) is 35.5 Å². The van der Waals surface area contributed by atoms with Gasteiger partial charge in [0.2, 0.25) is 0 Å². The Bertz CT molecular complexity index is 503. The second-order valence-electron chi connectivity index (χ2n) is 9.94. The predicted molar refractivity (Wildman–Crippen MR) is 112 cm³/mol. The number of rotatable bonds is 6. The lowest BCUT2D eigenvalue weighted by Gasteiger charge is -2.36. The summed E-state index contributed by atoms with van der Waals surface area (Å²) in [6, 6.07) is 0. The van der Waals surface area contributed by atoms with Gasteiger partial charge in [-0.1, -0.05) is 54.4 Å². The van der Waals surface area contributed by atoms with Crippen LogP contribution in [0.2, 0.25) is 0 Å². The van der Waals surface area contributed by atoms with E-state index in [0.29, 0.717) is 35.5 Å². The molecule has 0 unspecified atom stereocenters. The minimum absolute atomic E-state index is 0.0542. The van der Waals surface area contributed by atoms with Gasteiger partial charge in [0.25, 0.3) is 0 Å². The summed E-state index contributed by atoms with van der Waals surface area (Å²) in [5, 5.41) is 0. The van der Waals surface area contributed by atoms with Crippen molar-refractivity contribution >= 4 is 11.9 Å². The van der Waals surface area contributed by atoms with Gasteiger partial charge in [-0.2, -0.15) is 0 Å². The molecule has 0 bridgehead atoms. The number of hydrogen-bond donors (Lipinski definition) is 0. The summed E-state index contributed by atoms with van der Waals surface area (Å²) in [6.07, 6.45) is 8.77. The second kappa shape index (κ2) is 10.5. The maximum atomic E-state index is 12.3. The molecule has 0 saturated heterocycles. The molecule has 2 aliphatic rings. The van der Waals surface area contributed by atoms with Gasteiger partial charge in [0.1, 0.15) is 12.2 Å². The Hall–Kier alpha value is -1.32. The normalized spacial score (nSPS) is 34.0. The van der Waals surface area contributed by atoms with Crippen molar-refractivity contribution in [1.29, 1.82) is 0 Å². The number of ether oxygens (including phenoxy) is 2. The molecule has 0 N–H and O–H groups in total. The Kier molecular flexibility index (Phi) is 8.57. The van der Waals surface area contributed by atoms with Gasteiger partial charge in [0, 0.05) is 12.2 Å². The first-order valence-corrected chi connectivity index (χ1v) is 11.3. The minimum atomic E-state index is -0.431. The van der Waals surface area contributed by atoms with Crippen molar-refractivity contribution in [2.45, 2.75) is 92.3 Å². The number of carbonyl (C=O) groups is 2. The van der Waals surface area contributed by atoms with Crippen LogP contribution in [0.15, 0.2) is 12.2 Å². The van der Waals surface area contributed by atoms with Gasteiger partial charge in [-0.15, -0.1) is 0 Å². The lowest BCUT2D eigenvalue weighted by molar-refractivity contribution is -0.152. The van der Waals surface area contributed by atoms with Crippen LogP contribution in [0.5, 0.6) is 0 Å². The summed E-state index contributed by atoms with van der Waals surface area (Å²) in [4.78, 5) is 24.6. The van der Waals surface area contributed by atoms with Gasteiger partial charge in [-0.3, -0.25) is 0 Å². The molecule has 2 rings (SSSR count). The monoisotopic (exact) mass is 392 g/mol. The lowest BCUT2D eigenvalue weighted by atomic mass is 9.75. The molecule has 0 amide bonds. The largest absolute Gasteiger partial charge is 0.459 e. The lowest BCUT2D eigenvalue weighted by Crippen LogP contribution is -2.36. The Morgan fingerprint density at radius 1 is 0.714 bits per heavy atom.